The van der Waals surface area contributed by atoms with Crippen molar-refractivity contribution >= 4 is 42.8 Å². The number of H-pyrrole nitrogens is 1. The number of aromatic nitrogens is 1. The molecular formula is C15H15Br2NO2. The molecule has 5 heteroatoms. The normalized spacial score (nSPS) is 14.9. The van der Waals surface area contributed by atoms with Crippen molar-refractivity contribution in [3.63, 3.8) is 0 Å². The van der Waals surface area contributed by atoms with E-state index in [1.54, 1.807) is 7.11 Å². The molecule has 0 fully saturated rings. The fourth-order valence-electron chi connectivity index (χ4n) is 2.91. The molecular weight excluding hydrogens is 386 g/mol. The predicted octanol–water partition coefficient (Wildman–Crippen LogP) is 4.33. The van der Waals surface area contributed by atoms with Crippen LogP contribution in [0.1, 0.15) is 30.5 Å². The first kappa shape index (κ1) is 14.1. The van der Waals surface area contributed by atoms with E-state index in [0.29, 0.717) is 11.1 Å². The zero-order valence-corrected chi connectivity index (χ0v) is 14.4. The summed E-state index contributed by atoms with van der Waals surface area (Å²) in [5.74, 6) is 0.608. The molecule has 1 aliphatic carbocycles. The number of aryl methyl sites for hydroxylation is 1. The third-order valence-electron chi connectivity index (χ3n) is 3.89. The van der Waals surface area contributed by atoms with Gasteiger partial charge in [-0.25, -0.2) is 0 Å². The van der Waals surface area contributed by atoms with Crippen LogP contribution in [0.4, 0.5) is 0 Å². The van der Waals surface area contributed by atoms with Crippen LogP contribution < -0.4 is 10.2 Å². The molecule has 1 heterocycles. The summed E-state index contributed by atoms with van der Waals surface area (Å²) in [5, 5.41) is 0.634. The van der Waals surface area contributed by atoms with Crippen molar-refractivity contribution in [1.29, 1.82) is 0 Å². The maximum Gasteiger partial charge on any atom is 0.196 e. The molecule has 0 radical (unpaired) electrons. The van der Waals surface area contributed by atoms with Gasteiger partial charge in [-0.3, -0.25) is 4.79 Å². The quantitative estimate of drug-likeness (QED) is 0.723. The third kappa shape index (κ3) is 2.21. The smallest absolute Gasteiger partial charge is 0.196 e. The van der Waals surface area contributed by atoms with Gasteiger partial charge < -0.3 is 9.72 Å². The number of methoxy groups -OCH3 is 1. The van der Waals surface area contributed by atoms with E-state index in [1.165, 1.54) is 6.42 Å². The number of fused-ring (bicyclic) bond motifs is 2. The number of halogens is 2. The molecule has 20 heavy (non-hydrogen) atoms. The van der Waals surface area contributed by atoms with Gasteiger partial charge in [0.05, 0.1) is 22.5 Å². The van der Waals surface area contributed by atoms with Crippen molar-refractivity contribution in [2.75, 3.05) is 7.11 Å². The summed E-state index contributed by atoms with van der Waals surface area (Å²) in [5.41, 5.74) is 2.95. The number of aromatic amines is 1. The van der Waals surface area contributed by atoms with Crippen LogP contribution in [0, 0.1) is 0 Å². The summed E-state index contributed by atoms with van der Waals surface area (Å²) in [6.45, 7) is 0. The zero-order valence-electron chi connectivity index (χ0n) is 11.2. The van der Waals surface area contributed by atoms with Gasteiger partial charge in [0.25, 0.3) is 0 Å². The van der Waals surface area contributed by atoms with E-state index in [-0.39, 0.29) is 5.43 Å². The fourth-order valence-corrected chi connectivity index (χ4v) is 4.33. The number of rotatable bonds is 1. The Morgan fingerprint density at radius 3 is 2.65 bits per heavy atom. The number of ether oxygens (including phenoxy) is 1. The van der Waals surface area contributed by atoms with E-state index in [0.717, 1.165) is 51.4 Å². The number of benzene rings is 1. The van der Waals surface area contributed by atoms with E-state index in [9.17, 15) is 4.79 Å². The van der Waals surface area contributed by atoms with Gasteiger partial charge in [0.2, 0.25) is 0 Å². The second kappa shape index (κ2) is 5.53. The van der Waals surface area contributed by atoms with Crippen LogP contribution in [0.5, 0.6) is 5.75 Å². The Bertz CT molecular complexity index is 737. The van der Waals surface area contributed by atoms with Gasteiger partial charge in [-0.05, 0) is 63.6 Å². The monoisotopic (exact) mass is 399 g/mol. The molecule has 1 aromatic carbocycles. The lowest BCUT2D eigenvalue weighted by Crippen LogP contribution is -2.15. The number of nitrogens with one attached hydrogen (secondary N) is 1. The maximum absolute atomic E-state index is 12.9. The van der Waals surface area contributed by atoms with Crippen molar-refractivity contribution in [1.82, 2.24) is 4.98 Å². The van der Waals surface area contributed by atoms with E-state index in [2.05, 4.69) is 36.8 Å². The topological polar surface area (TPSA) is 42.1 Å². The average Bonchev–Trinajstić information content (AvgIpc) is 2.66. The minimum atomic E-state index is 0.106. The molecule has 0 saturated carbocycles. The molecule has 1 aromatic heterocycles. The lowest BCUT2D eigenvalue weighted by atomic mass is 10.0. The van der Waals surface area contributed by atoms with Crippen LogP contribution in [0.15, 0.2) is 19.8 Å². The molecule has 0 amide bonds. The van der Waals surface area contributed by atoms with Crippen molar-refractivity contribution in [2.45, 2.75) is 32.1 Å². The van der Waals surface area contributed by atoms with E-state index in [4.69, 9.17) is 4.74 Å². The van der Waals surface area contributed by atoms with Crippen LogP contribution in [-0.2, 0) is 12.8 Å². The first-order chi connectivity index (χ1) is 9.63. The van der Waals surface area contributed by atoms with Crippen LogP contribution in [-0.4, -0.2) is 12.1 Å². The lowest BCUT2D eigenvalue weighted by Gasteiger charge is -2.13. The first-order valence-electron chi connectivity index (χ1n) is 6.73. The van der Waals surface area contributed by atoms with Gasteiger partial charge in [-0.1, -0.05) is 6.42 Å². The van der Waals surface area contributed by atoms with E-state index >= 15 is 0 Å². The van der Waals surface area contributed by atoms with Gasteiger partial charge in [-0.2, -0.15) is 0 Å². The van der Waals surface area contributed by atoms with Crippen molar-refractivity contribution in [3.8, 4) is 5.75 Å². The van der Waals surface area contributed by atoms with Gasteiger partial charge in [0, 0.05) is 15.7 Å². The molecule has 0 aliphatic heterocycles. The Balaban J connectivity index is 2.44. The van der Waals surface area contributed by atoms with Crippen LogP contribution in [0.2, 0.25) is 0 Å². The summed E-state index contributed by atoms with van der Waals surface area (Å²) in [4.78, 5) is 16.3. The van der Waals surface area contributed by atoms with Crippen molar-refractivity contribution < 1.29 is 4.74 Å². The van der Waals surface area contributed by atoms with Crippen LogP contribution in [0.3, 0.4) is 0 Å². The number of pyridine rings is 1. The highest BCUT2D eigenvalue weighted by atomic mass is 79.9. The van der Waals surface area contributed by atoms with Gasteiger partial charge in [0.1, 0.15) is 5.75 Å². The molecule has 0 atom stereocenters. The molecule has 0 bridgehead atoms. The molecule has 1 N–H and O–H groups in total. The summed E-state index contributed by atoms with van der Waals surface area (Å²) in [6.07, 6.45) is 5.21. The maximum atomic E-state index is 12.9. The summed E-state index contributed by atoms with van der Waals surface area (Å²) >= 11 is 7.00. The summed E-state index contributed by atoms with van der Waals surface area (Å²) in [7, 11) is 1.60. The Morgan fingerprint density at radius 1 is 1.15 bits per heavy atom. The Kier molecular flexibility index (Phi) is 3.91. The van der Waals surface area contributed by atoms with Crippen molar-refractivity contribution in [2.24, 2.45) is 0 Å². The van der Waals surface area contributed by atoms with Crippen LogP contribution >= 0.6 is 31.9 Å². The molecule has 3 nitrogen and oxygen atoms in total. The minimum Gasteiger partial charge on any atom is -0.495 e. The first-order valence-corrected chi connectivity index (χ1v) is 8.31. The van der Waals surface area contributed by atoms with Gasteiger partial charge in [-0.15, -0.1) is 0 Å². The summed E-state index contributed by atoms with van der Waals surface area (Å²) < 4.78 is 7.10. The fraction of sp³-hybridized carbons (Fsp3) is 0.400. The molecule has 1 aliphatic rings. The summed E-state index contributed by atoms with van der Waals surface area (Å²) in [6, 6.07) is 1.92. The van der Waals surface area contributed by atoms with Crippen LogP contribution in [0.25, 0.3) is 10.9 Å². The van der Waals surface area contributed by atoms with E-state index < -0.39 is 0 Å². The Morgan fingerprint density at radius 2 is 1.90 bits per heavy atom. The predicted molar refractivity (Wildman–Crippen MR) is 87.8 cm³/mol. The molecule has 0 spiro atoms. The zero-order chi connectivity index (χ0) is 14.3. The van der Waals surface area contributed by atoms with Gasteiger partial charge >= 0.3 is 0 Å². The average molecular weight is 401 g/mol. The molecule has 106 valence electrons. The number of hydrogen-bond acceptors (Lipinski definition) is 2. The SMILES string of the molecule is COc1c(Br)cc(Br)c2[nH]c3c(c(=O)c12)CCCCC3. The Hall–Kier alpha value is -0.810. The highest BCUT2D eigenvalue weighted by Crippen LogP contribution is 2.36. The second-order valence-electron chi connectivity index (χ2n) is 5.10. The second-order valence-corrected chi connectivity index (χ2v) is 6.80. The third-order valence-corrected chi connectivity index (χ3v) is 5.10. The highest BCUT2D eigenvalue weighted by Gasteiger charge is 2.20. The van der Waals surface area contributed by atoms with E-state index in [1.807, 2.05) is 6.07 Å². The standard InChI is InChI=1S/C15H15Br2NO2/c1-20-15-10(17)7-9(16)13-12(15)14(19)8-5-3-2-4-6-11(8)18-13/h7H,2-6H2,1H3,(H,18,19). The lowest BCUT2D eigenvalue weighted by molar-refractivity contribution is 0.417. The van der Waals surface area contributed by atoms with Crippen molar-refractivity contribution in [3.05, 3.63) is 36.5 Å². The minimum absolute atomic E-state index is 0.106. The van der Waals surface area contributed by atoms with Gasteiger partial charge in [0.15, 0.2) is 5.43 Å². The largest absolute Gasteiger partial charge is 0.495 e. The Labute approximate surface area is 134 Å². The molecule has 3 rings (SSSR count). The highest BCUT2D eigenvalue weighted by molar-refractivity contribution is 9.11. The molecule has 2 aromatic rings. The number of hydrogen-bond donors (Lipinski definition) is 1. The molecule has 0 unspecified atom stereocenters. The molecule has 0 saturated heterocycles.